The number of primary sulfonamides is 1. The average Bonchev–Trinajstić information content (AvgIpc) is 2.49. The molecule has 6 nitrogen and oxygen atoms in total. The van der Waals surface area contributed by atoms with E-state index in [2.05, 4.69) is 0 Å². The Morgan fingerprint density at radius 3 is 2.32 bits per heavy atom. The molecule has 2 aromatic carbocycles. The molecule has 0 aromatic heterocycles. The molecule has 0 amide bonds. The SMILES string of the molecule is NS(=O)(=O)c1ccc(F)cc1N(C=Cc1ccc(Cl)c(Cl)c1)[SH](=O)=O. The molecule has 25 heavy (non-hydrogen) atoms. The third-order valence-corrected chi connectivity index (χ3v) is 5.40. The Balaban J connectivity index is 2.54. The molecule has 0 spiro atoms. The van der Waals surface area contributed by atoms with Gasteiger partial charge < -0.3 is 0 Å². The molecule has 0 fully saturated rings. The van der Waals surface area contributed by atoms with Crippen LogP contribution < -0.4 is 9.44 Å². The predicted molar refractivity (Wildman–Crippen MR) is 96.1 cm³/mol. The average molecular weight is 425 g/mol. The molecule has 2 N–H and O–H groups in total. The van der Waals surface area contributed by atoms with E-state index in [0.717, 1.165) is 24.4 Å². The lowest BCUT2D eigenvalue weighted by Crippen LogP contribution is -2.20. The zero-order valence-corrected chi connectivity index (χ0v) is 15.5. The minimum absolute atomic E-state index is 0.248. The summed E-state index contributed by atoms with van der Waals surface area (Å²) in [6.45, 7) is 0. The van der Waals surface area contributed by atoms with Crippen molar-refractivity contribution in [2.75, 3.05) is 4.31 Å². The van der Waals surface area contributed by atoms with Crippen LogP contribution in [0.25, 0.3) is 6.08 Å². The lowest BCUT2D eigenvalue weighted by molar-refractivity contribution is 0.596. The molecule has 134 valence electrons. The zero-order chi connectivity index (χ0) is 18.8. The normalized spacial score (nSPS) is 12.0. The van der Waals surface area contributed by atoms with E-state index >= 15 is 0 Å². The Labute approximate surface area is 155 Å². The Hall–Kier alpha value is -1.65. The van der Waals surface area contributed by atoms with Crippen LogP contribution in [0.5, 0.6) is 0 Å². The van der Waals surface area contributed by atoms with Crippen LogP contribution in [0, 0.1) is 5.82 Å². The first-order valence-electron chi connectivity index (χ1n) is 6.49. The van der Waals surface area contributed by atoms with E-state index in [1.165, 1.54) is 18.2 Å². The number of nitrogens with zero attached hydrogens (tertiary/aromatic N) is 1. The second-order valence-corrected chi connectivity index (χ2v) is 7.98. The number of thiol groups is 1. The standard InChI is InChI=1S/C14H11Cl2FN2O4S2/c15-11-3-1-9(7-12(11)16)5-6-19(24(20)21)13-8-10(17)2-4-14(13)25(18,22)23/h1-8,24H,(H2,18,22,23). The molecule has 2 rings (SSSR count). The van der Waals surface area contributed by atoms with Gasteiger partial charge in [0.25, 0.3) is 0 Å². The Morgan fingerprint density at radius 1 is 1.08 bits per heavy atom. The van der Waals surface area contributed by atoms with Crippen molar-refractivity contribution in [1.82, 2.24) is 0 Å². The van der Waals surface area contributed by atoms with Crippen molar-refractivity contribution in [3.8, 4) is 0 Å². The highest BCUT2D eigenvalue weighted by molar-refractivity contribution is 7.89. The Morgan fingerprint density at radius 2 is 1.76 bits per heavy atom. The molecule has 0 saturated heterocycles. The fourth-order valence-corrected chi connectivity index (χ4v) is 3.50. The number of halogens is 3. The molecule has 2 aromatic rings. The van der Waals surface area contributed by atoms with E-state index in [4.69, 9.17) is 28.3 Å². The number of benzene rings is 2. The molecule has 0 aliphatic heterocycles. The number of hydrogen-bond acceptors (Lipinski definition) is 4. The summed E-state index contributed by atoms with van der Waals surface area (Å²) in [5.41, 5.74) is 0.0553. The molecular weight excluding hydrogens is 414 g/mol. The van der Waals surface area contributed by atoms with Crippen LogP contribution in [0.3, 0.4) is 0 Å². The van der Waals surface area contributed by atoms with Crippen molar-refractivity contribution >= 4 is 55.9 Å². The van der Waals surface area contributed by atoms with Gasteiger partial charge in [0.05, 0.1) is 15.7 Å². The van der Waals surface area contributed by atoms with Crippen molar-refractivity contribution in [3.63, 3.8) is 0 Å². The van der Waals surface area contributed by atoms with E-state index in [9.17, 15) is 21.2 Å². The third-order valence-electron chi connectivity index (χ3n) is 3.00. The van der Waals surface area contributed by atoms with Crippen LogP contribution in [0.1, 0.15) is 5.56 Å². The minimum Gasteiger partial charge on any atom is -0.246 e. The molecule has 0 unspecified atom stereocenters. The van der Waals surface area contributed by atoms with Crippen LogP contribution in [-0.4, -0.2) is 16.8 Å². The fourth-order valence-electron chi connectivity index (χ4n) is 1.91. The Bertz CT molecular complexity index is 1020. The molecule has 0 saturated carbocycles. The van der Waals surface area contributed by atoms with E-state index < -0.39 is 37.3 Å². The van der Waals surface area contributed by atoms with Gasteiger partial charge in [-0.3, -0.25) is 0 Å². The maximum atomic E-state index is 13.5. The highest BCUT2D eigenvalue weighted by atomic mass is 35.5. The smallest absolute Gasteiger partial charge is 0.240 e. The Kier molecular flexibility index (Phi) is 6.07. The predicted octanol–water partition coefficient (Wildman–Crippen LogP) is 2.78. The summed E-state index contributed by atoms with van der Waals surface area (Å²) in [5.74, 6) is -0.827. The van der Waals surface area contributed by atoms with Crippen molar-refractivity contribution in [1.29, 1.82) is 0 Å². The van der Waals surface area contributed by atoms with E-state index in [1.807, 2.05) is 0 Å². The molecule has 0 radical (unpaired) electrons. The first-order chi connectivity index (χ1) is 11.6. The first-order valence-corrected chi connectivity index (χ1v) is 9.92. The zero-order valence-electron chi connectivity index (χ0n) is 12.3. The number of rotatable bonds is 5. The van der Waals surface area contributed by atoms with Gasteiger partial charge in [-0.1, -0.05) is 29.3 Å². The highest BCUT2D eigenvalue weighted by Crippen LogP contribution is 2.27. The fraction of sp³-hybridized carbons (Fsp3) is 0. The van der Waals surface area contributed by atoms with Crippen LogP contribution in [0.4, 0.5) is 10.1 Å². The van der Waals surface area contributed by atoms with Crippen LogP contribution in [-0.2, 0) is 20.9 Å². The van der Waals surface area contributed by atoms with Gasteiger partial charge in [-0.05, 0) is 42.0 Å². The van der Waals surface area contributed by atoms with Gasteiger partial charge in [-0.15, -0.1) is 0 Å². The van der Waals surface area contributed by atoms with Crippen LogP contribution in [0.15, 0.2) is 47.5 Å². The van der Waals surface area contributed by atoms with Crippen LogP contribution in [0.2, 0.25) is 10.0 Å². The molecule has 0 bridgehead atoms. The molecule has 0 heterocycles. The van der Waals surface area contributed by atoms with E-state index in [1.54, 1.807) is 6.07 Å². The van der Waals surface area contributed by atoms with Crippen molar-refractivity contribution in [3.05, 3.63) is 64.0 Å². The maximum Gasteiger partial charge on any atom is 0.240 e. The summed E-state index contributed by atoms with van der Waals surface area (Å²) in [5, 5.41) is 5.62. The van der Waals surface area contributed by atoms with Crippen molar-refractivity contribution in [2.45, 2.75) is 4.90 Å². The molecule has 0 atom stereocenters. The lowest BCUT2D eigenvalue weighted by atomic mass is 10.2. The second kappa shape index (κ2) is 7.71. The molecule has 0 aliphatic rings. The van der Waals surface area contributed by atoms with Gasteiger partial charge >= 0.3 is 0 Å². The van der Waals surface area contributed by atoms with Gasteiger partial charge in [-0.2, -0.15) is 0 Å². The van der Waals surface area contributed by atoms with Gasteiger partial charge in [0.1, 0.15) is 10.7 Å². The molecular formula is C14H11Cl2FN2O4S2. The summed E-state index contributed by atoms with van der Waals surface area (Å²) in [4.78, 5) is -0.535. The van der Waals surface area contributed by atoms with Gasteiger partial charge in [0.2, 0.25) is 20.9 Å². The summed E-state index contributed by atoms with van der Waals surface area (Å²) < 4.78 is 60.4. The van der Waals surface area contributed by atoms with Crippen molar-refractivity contribution in [2.24, 2.45) is 5.14 Å². The van der Waals surface area contributed by atoms with Gasteiger partial charge in [-0.25, -0.2) is 30.7 Å². The van der Waals surface area contributed by atoms with Crippen molar-refractivity contribution < 1.29 is 21.2 Å². The summed E-state index contributed by atoms with van der Waals surface area (Å²) in [6, 6.07) is 7.05. The number of hydrogen-bond donors (Lipinski definition) is 2. The monoisotopic (exact) mass is 424 g/mol. The number of sulfonamides is 1. The van der Waals surface area contributed by atoms with Gasteiger partial charge in [0.15, 0.2) is 0 Å². The largest absolute Gasteiger partial charge is 0.246 e. The number of anilines is 1. The lowest BCUT2D eigenvalue weighted by Gasteiger charge is -2.16. The number of nitrogens with two attached hydrogens (primary N) is 1. The van der Waals surface area contributed by atoms with Gasteiger partial charge in [0, 0.05) is 6.20 Å². The third kappa shape index (κ3) is 4.93. The van der Waals surface area contributed by atoms with Crippen LogP contribution >= 0.6 is 23.2 Å². The topological polar surface area (TPSA) is 97.5 Å². The summed E-state index contributed by atoms with van der Waals surface area (Å²) >= 11 is 11.7. The highest BCUT2D eigenvalue weighted by Gasteiger charge is 2.20. The quantitative estimate of drug-likeness (QED) is 0.720. The summed E-state index contributed by atoms with van der Waals surface area (Å²) in [7, 11) is -7.60. The second-order valence-electron chi connectivity index (χ2n) is 4.73. The molecule has 0 aliphatic carbocycles. The minimum atomic E-state index is -4.27. The summed E-state index contributed by atoms with van der Waals surface area (Å²) in [6.07, 6.45) is 2.39. The maximum absolute atomic E-state index is 13.5. The molecule has 11 heteroatoms. The van der Waals surface area contributed by atoms with E-state index in [-0.39, 0.29) is 5.02 Å². The first kappa shape index (κ1) is 19.7. The van der Waals surface area contributed by atoms with E-state index in [0.29, 0.717) is 14.9 Å².